The van der Waals surface area contributed by atoms with Gasteiger partial charge in [-0.05, 0) is 31.0 Å². The third-order valence-corrected chi connectivity index (χ3v) is 4.81. The van der Waals surface area contributed by atoms with E-state index in [0.29, 0.717) is 17.3 Å². The Bertz CT molecular complexity index is 594. The van der Waals surface area contributed by atoms with Crippen LogP contribution >= 0.6 is 11.8 Å². The molecule has 0 amide bonds. The maximum Gasteiger partial charge on any atom is 0.258 e. The zero-order valence-electron chi connectivity index (χ0n) is 11.0. The molecule has 106 valence electrons. The molecule has 1 heterocycles. The summed E-state index contributed by atoms with van der Waals surface area (Å²) in [5.74, 6) is 1.43. The lowest BCUT2D eigenvalue weighted by Crippen LogP contribution is -1.95. The Kier molecular flexibility index (Phi) is 3.82. The first-order chi connectivity index (χ1) is 9.72. The second kappa shape index (κ2) is 5.75. The van der Waals surface area contributed by atoms with Crippen LogP contribution in [0.4, 0.5) is 0 Å². The molecule has 0 atom stereocenters. The summed E-state index contributed by atoms with van der Waals surface area (Å²) >= 11 is 1.88. The van der Waals surface area contributed by atoms with E-state index >= 15 is 0 Å². The summed E-state index contributed by atoms with van der Waals surface area (Å²) in [5.41, 5.74) is 0.602. The van der Waals surface area contributed by atoms with Gasteiger partial charge in [-0.25, -0.2) is 0 Å². The maximum atomic E-state index is 9.47. The number of rotatable bonds is 4. The Balaban J connectivity index is 1.67. The molecule has 1 aromatic carbocycles. The standard InChI is InChI=1S/C14H16N2O3S/c17-11-6-5-9(7-12(11)18)14-15-13(16-19-14)8-20-10-3-1-2-4-10/h5-7,10,17-18H,1-4,8H2. The first-order valence-electron chi connectivity index (χ1n) is 6.69. The summed E-state index contributed by atoms with van der Waals surface area (Å²) in [5, 5.41) is 23.4. The predicted molar refractivity (Wildman–Crippen MR) is 76.6 cm³/mol. The van der Waals surface area contributed by atoms with Crippen molar-refractivity contribution in [1.29, 1.82) is 0 Å². The Labute approximate surface area is 121 Å². The molecule has 6 heteroatoms. The number of phenols is 2. The summed E-state index contributed by atoms with van der Waals surface area (Å²) in [6, 6.07) is 4.45. The zero-order chi connectivity index (χ0) is 13.9. The molecule has 2 N–H and O–H groups in total. The minimum Gasteiger partial charge on any atom is -0.504 e. The van der Waals surface area contributed by atoms with Crippen molar-refractivity contribution in [3.63, 3.8) is 0 Å². The van der Waals surface area contributed by atoms with Gasteiger partial charge in [-0.3, -0.25) is 0 Å². The highest BCUT2D eigenvalue weighted by Gasteiger charge is 2.17. The maximum absolute atomic E-state index is 9.47. The lowest BCUT2D eigenvalue weighted by molar-refractivity contribution is 0.402. The minimum atomic E-state index is -0.192. The SMILES string of the molecule is Oc1ccc(-c2nc(CSC3CCCC3)no2)cc1O. The summed E-state index contributed by atoms with van der Waals surface area (Å²) in [7, 11) is 0. The van der Waals surface area contributed by atoms with Gasteiger partial charge < -0.3 is 14.7 Å². The monoisotopic (exact) mass is 292 g/mol. The van der Waals surface area contributed by atoms with Crippen molar-refractivity contribution < 1.29 is 14.7 Å². The Hall–Kier alpha value is -1.69. The van der Waals surface area contributed by atoms with Crippen molar-refractivity contribution in [2.24, 2.45) is 0 Å². The number of benzene rings is 1. The molecule has 1 aromatic heterocycles. The normalized spacial score (nSPS) is 15.8. The lowest BCUT2D eigenvalue weighted by atomic mass is 10.2. The van der Waals surface area contributed by atoms with E-state index in [4.69, 9.17) is 4.52 Å². The molecule has 0 unspecified atom stereocenters. The molecule has 0 bridgehead atoms. The molecule has 3 rings (SSSR count). The fourth-order valence-electron chi connectivity index (χ4n) is 2.33. The van der Waals surface area contributed by atoms with E-state index in [0.717, 1.165) is 11.0 Å². The van der Waals surface area contributed by atoms with Crippen molar-refractivity contribution in [3.05, 3.63) is 24.0 Å². The van der Waals surface area contributed by atoms with Gasteiger partial charge in [0.15, 0.2) is 17.3 Å². The van der Waals surface area contributed by atoms with Gasteiger partial charge in [0.1, 0.15) is 0 Å². The van der Waals surface area contributed by atoms with Crippen LogP contribution in [0.3, 0.4) is 0 Å². The number of phenolic OH excluding ortho intramolecular Hbond substituents is 2. The van der Waals surface area contributed by atoms with E-state index in [1.165, 1.54) is 37.8 Å². The minimum absolute atomic E-state index is 0.162. The number of aromatic nitrogens is 2. The van der Waals surface area contributed by atoms with Gasteiger partial charge in [-0.2, -0.15) is 16.7 Å². The molecule has 0 aliphatic heterocycles. The molecule has 1 saturated carbocycles. The van der Waals surface area contributed by atoms with Crippen LogP contribution in [0.25, 0.3) is 11.5 Å². The fraction of sp³-hybridized carbons (Fsp3) is 0.429. The molecule has 0 saturated heterocycles. The van der Waals surface area contributed by atoms with E-state index in [1.807, 2.05) is 11.8 Å². The molecular formula is C14H16N2O3S. The van der Waals surface area contributed by atoms with Gasteiger partial charge in [-0.15, -0.1) is 0 Å². The average Bonchev–Trinajstić information content (AvgIpc) is 3.10. The smallest absolute Gasteiger partial charge is 0.258 e. The molecule has 0 radical (unpaired) electrons. The predicted octanol–water partition coefficient (Wildman–Crippen LogP) is 3.32. The van der Waals surface area contributed by atoms with Crippen molar-refractivity contribution >= 4 is 11.8 Å². The van der Waals surface area contributed by atoms with Crippen LogP contribution in [0.1, 0.15) is 31.5 Å². The molecule has 5 nitrogen and oxygen atoms in total. The van der Waals surface area contributed by atoms with Crippen molar-refractivity contribution in [2.75, 3.05) is 0 Å². The molecule has 2 aromatic rings. The van der Waals surface area contributed by atoms with Crippen molar-refractivity contribution in [3.8, 4) is 23.0 Å². The van der Waals surface area contributed by atoms with Crippen LogP contribution in [0.15, 0.2) is 22.7 Å². The summed E-state index contributed by atoms with van der Waals surface area (Å²) in [6.07, 6.45) is 5.20. The van der Waals surface area contributed by atoms with Gasteiger partial charge in [0.2, 0.25) is 0 Å². The highest BCUT2D eigenvalue weighted by Crippen LogP contribution is 2.32. The van der Waals surface area contributed by atoms with Crippen LogP contribution in [-0.2, 0) is 5.75 Å². The summed E-state index contributed by atoms with van der Waals surface area (Å²) < 4.78 is 5.19. The number of thioether (sulfide) groups is 1. The Morgan fingerprint density at radius 1 is 1.20 bits per heavy atom. The van der Waals surface area contributed by atoms with Crippen molar-refractivity contribution in [1.82, 2.24) is 10.1 Å². The number of hydrogen-bond donors (Lipinski definition) is 2. The van der Waals surface area contributed by atoms with E-state index in [2.05, 4.69) is 10.1 Å². The molecule has 20 heavy (non-hydrogen) atoms. The molecule has 1 aliphatic carbocycles. The first-order valence-corrected chi connectivity index (χ1v) is 7.74. The van der Waals surface area contributed by atoms with E-state index in [-0.39, 0.29) is 11.5 Å². The fourth-order valence-corrected chi connectivity index (χ4v) is 3.50. The number of hydrogen-bond acceptors (Lipinski definition) is 6. The number of aromatic hydroxyl groups is 2. The van der Waals surface area contributed by atoms with Gasteiger partial charge in [0, 0.05) is 10.8 Å². The van der Waals surface area contributed by atoms with E-state index in [1.54, 1.807) is 6.07 Å². The highest BCUT2D eigenvalue weighted by atomic mass is 32.2. The van der Waals surface area contributed by atoms with E-state index < -0.39 is 0 Å². The molecule has 0 spiro atoms. The number of nitrogens with zero attached hydrogens (tertiary/aromatic N) is 2. The largest absolute Gasteiger partial charge is 0.504 e. The average molecular weight is 292 g/mol. The van der Waals surface area contributed by atoms with Crippen LogP contribution < -0.4 is 0 Å². The summed E-state index contributed by atoms with van der Waals surface area (Å²) in [6.45, 7) is 0. The third-order valence-electron chi connectivity index (χ3n) is 3.44. The van der Waals surface area contributed by atoms with Gasteiger partial charge in [0.25, 0.3) is 5.89 Å². The lowest BCUT2D eigenvalue weighted by Gasteiger charge is -2.04. The topological polar surface area (TPSA) is 79.4 Å². The van der Waals surface area contributed by atoms with Crippen LogP contribution in [-0.4, -0.2) is 25.6 Å². The van der Waals surface area contributed by atoms with Crippen molar-refractivity contribution in [2.45, 2.75) is 36.7 Å². The van der Waals surface area contributed by atoms with Gasteiger partial charge >= 0.3 is 0 Å². The highest BCUT2D eigenvalue weighted by molar-refractivity contribution is 7.99. The first kappa shape index (κ1) is 13.3. The quantitative estimate of drug-likeness (QED) is 0.841. The van der Waals surface area contributed by atoms with Gasteiger partial charge in [0.05, 0.1) is 5.75 Å². The second-order valence-corrected chi connectivity index (χ2v) is 6.23. The zero-order valence-corrected chi connectivity index (χ0v) is 11.8. The van der Waals surface area contributed by atoms with Crippen LogP contribution in [0, 0.1) is 0 Å². The third kappa shape index (κ3) is 2.90. The summed E-state index contributed by atoms with van der Waals surface area (Å²) in [4.78, 5) is 4.32. The molecule has 1 aliphatic rings. The van der Waals surface area contributed by atoms with Crippen LogP contribution in [0.5, 0.6) is 11.5 Å². The molecular weight excluding hydrogens is 276 g/mol. The van der Waals surface area contributed by atoms with E-state index in [9.17, 15) is 10.2 Å². The Morgan fingerprint density at radius 2 is 2.00 bits per heavy atom. The Morgan fingerprint density at radius 3 is 2.75 bits per heavy atom. The second-order valence-electron chi connectivity index (χ2n) is 4.94. The molecule has 1 fully saturated rings. The van der Waals surface area contributed by atoms with Gasteiger partial charge in [-0.1, -0.05) is 18.0 Å². The van der Waals surface area contributed by atoms with Crippen LogP contribution in [0.2, 0.25) is 0 Å².